The standard InChI is InChI=1S/C18H24N8O2/c1-6-25-9-14(11(3)21-25)19-17(27)13-8-24(5)23-16(13)18(28)20-15-10-26(7-2)22-12(15)4/h8-10H,6-7H2,1-5H3,(H,19,27)(H,20,28). The molecule has 0 spiro atoms. The average molecular weight is 384 g/mol. The molecule has 10 nitrogen and oxygen atoms in total. The minimum absolute atomic E-state index is 0.0455. The largest absolute Gasteiger partial charge is 0.319 e. The van der Waals surface area contributed by atoms with Gasteiger partial charge in [-0.1, -0.05) is 0 Å². The first-order chi connectivity index (χ1) is 13.3. The molecule has 0 saturated heterocycles. The Labute approximate surface area is 162 Å². The topological polar surface area (TPSA) is 112 Å². The summed E-state index contributed by atoms with van der Waals surface area (Å²) in [7, 11) is 1.66. The third-order valence-electron chi connectivity index (χ3n) is 4.33. The van der Waals surface area contributed by atoms with Crippen molar-refractivity contribution in [2.45, 2.75) is 40.8 Å². The van der Waals surface area contributed by atoms with Gasteiger partial charge >= 0.3 is 0 Å². The summed E-state index contributed by atoms with van der Waals surface area (Å²) < 4.78 is 4.90. The third-order valence-corrected chi connectivity index (χ3v) is 4.33. The summed E-state index contributed by atoms with van der Waals surface area (Å²) in [6.07, 6.45) is 5.02. The second-order valence-corrected chi connectivity index (χ2v) is 6.44. The van der Waals surface area contributed by atoms with E-state index in [-0.39, 0.29) is 11.3 Å². The van der Waals surface area contributed by atoms with Gasteiger partial charge in [-0.15, -0.1) is 0 Å². The number of hydrogen-bond donors (Lipinski definition) is 2. The highest BCUT2D eigenvalue weighted by atomic mass is 16.2. The molecule has 0 radical (unpaired) electrons. The van der Waals surface area contributed by atoms with Crippen molar-refractivity contribution in [2.24, 2.45) is 7.05 Å². The van der Waals surface area contributed by atoms with Crippen LogP contribution in [0.25, 0.3) is 0 Å². The molecule has 3 aromatic rings. The molecule has 0 aromatic carbocycles. The van der Waals surface area contributed by atoms with Crippen molar-refractivity contribution in [3.05, 3.63) is 41.2 Å². The number of carbonyl (C=O) groups excluding carboxylic acids is 2. The predicted molar refractivity (Wildman–Crippen MR) is 104 cm³/mol. The lowest BCUT2D eigenvalue weighted by Gasteiger charge is -2.05. The number of anilines is 2. The van der Waals surface area contributed by atoms with Gasteiger partial charge in [0, 0.05) is 38.7 Å². The molecule has 0 aliphatic carbocycles. The van der Waals surface area contributed by atoms with Gasteiger partial charge in [-0.25, -0.2) is 0 Å². The minimum Gasteiger partial charge on any atom is -0.319 e. The molecule has 0 saturated carbocycles. The van der Waals surface area contributed by atoms with Crippen molar-refractivity contribution in [2.75, 3.05) is 10.6 Å². The van der Waals surface area contributed by atoms with Crippen molar-refractivity contribution in [3.8, 4) is 0 Å². The Morgan fingerprint density at radius 1 is 0.857 bits per heavy atom. The molecule has 0 atom stereocenters. The molecule has 0 unspecified atom stereocenters. The highest BCUT2D eigenvalue weighted by molar-refractivity contribution is 6.14. The predicted octanol–water partition coefficient (Wildman–Crippen LogP) is 1.97. The molecular weight excluding hydrogens is 360 g/mol. The Bertz CT molecular complexity index is 947. The number of carbonyl (C=O) groups is 2. The third kappa shape index (κ3) is 3.80. The van der Waals surface area contributed by atoms with Gasteiger partial charge in [0.15, 0.2) is 5.69 Å². The molecule has 0 aliphatic rings. The fraction of sp³-hybridized carbons (Fsp3) is 0.389. The van der Waals surface area contributed by atoms with E-state index in [1.165, 1.54) is 10.9 Å². The van der Waals surface area contributed by atoms with Crippen LogP contribution < -0.4 is 10.6 Å². The van der Waals surface area contributed by atoms with Gasteiger partial charge in [-0.2, -0.15) is 15.3 Å². The fourth-order valence-corrected chi connectivity index (χ4v) is 2.80. The highest BCUT2D eigenvalue weighted by Gasteiger charge is 2.23. The monoisotopic (exact) mass is 384 g/mol. The molecule has 148 valence electrons. The van der Waals surface area contributed by atoms with Crippen molar-refractivity contribution in [1.29, 1.82) is 0 Å². The number of nitrogens with one attached hydrogen (secondary N) is 2. The Hall–Kier alpha value is -3.43. The molecule has 3 rings (SSSR count). The van der Waals surface area contributed by atoms with Gasteiger partial charge in [0.1, 0.15) is 0 Å². The normalized spacial score (nSPS) is 10.9. The number of amides is 2. The summed E-state index contributed by atoms with van der Waals surface area (Å²) in [4.78, 5) is 25.5. The molecule has 0 aliphatic heterocycles. The zero-order valence-corrected chi connectivity index (χ0v) is 16.6. The van der Waals surface area contributed by atoms with E-state index in [0.717, 1.165) is 0 Å². The van der Waals surface area contributed by atoms with Crippen LogP contribution in [0.15, 0.2) is 18.6 Å². The highest BCUT2D eigenvalue weighted by Crippen LogP contribution is 2.18. The molecule has 2 N–H and O–H groups in total. The molecule has 0 bridgehead atoms. The van der Waals surface area contributed by atoms with Crippen molar-refractivity contribution >= 4 is 23.2 Å². The van der Waals surface area contributed by atoms with E-state index in [0.29, 0.717) is 35.9 Å². The summed E-state index contributed by atoms with van der Waals surface area (Å²) in [5.41, 5.74) is 2.81. The molecule has 28 heavy (non-hydrogen) atoms. The van der Waals surface area contributed by atoms with Gasteiger partial charge in [-0.05, 0) is 27.7 Å². The van der Waals surface area contributed by atoms with Crippen LogP contribution in [0.2, 0.25) is 0 Å². The Morgan fingerprint density at radius 2 is 1.36 bits per heavy atom. The summed E-state index contributed by atoms with van der Waals surface area (Å²) in [5.74, 6) is -0.886. The van der Waals surface area contributed by atoms with E-state index >= 15 is 0 Å². The molecule has 0 fully saturated rings. The van der Waals surface area contributed by atoms with Crippen LogP contribution in [-0.2, 0) is 20.1 Å². The minimum atomic E-state index is -0.467. The van der Waals surface area contributed by atoms with E-state index in [4.69, 9.17) is 0 Å². The fourth-order valence-electron chi connectivity index (χ4n) is 2.80. The van der Waals surface area contributed by atoms with E-state index in [1.807, 2.05) is 27.7 Å². The van der Waals surface area contributed by atoms with E-state index in [9.17, 15) is 9.59 Å². The Kier molecular flexibility index (Phi) is 5.30. The van der Waals surface area contributed by atoms with Crippen LogP contribution in [0.4, 0.5) is 11.4 Å². The Morgan fingerprint density at radius 3 is 1.82 bits per heavy atom. The van der Waals surface area contributed by atoms with Crippen LogP contribution >= 0.6 is 0 Å². The van der Waals surface area contributed by atoms with E-state index < -0.39 is 11.8 Å². The summed E-state index contributed by atoms with van der Waals surface area (Å²) in [6.45, 7) is 8.93. The lowest BCUT2D eigenvalue weighted by Crippen LogP contribution is -2.20. The first-order valence-electron chi connectivity index (χ1n) is 9.06. The maximum atomic E-state index is 12.8. The van der Waals surface area contributed by atoms with Gasteiger partial charge in [-0.3, -0.25) is 23.6 Å². The maximum Gasteiger partial charge on any atom is 0.277 e. The zero-order chi connectivity index (χ0) is 20.4. The zero-order valence-electron chi connectivity index (χ0n) is 16.6. The lowest BCUT2D eigenvalue weighted by atomic mass is 10.2. The number of rotatable bonds is 6. The first-order valence-corrected chi connectivity index (χ1v) is 9.06. The quantitative estimate of drug-likeness (QED) is 0.675. The number of hydrogen-bond acceptors (Lipinski definition) is 5. The Balaban J connectivity index is 1.83. The molecule has 2 amide bonds. The van der Waals surface area contributed by atoms with Gasteiger partial charge in [0.25, 0.3) is 11.8 Å². The summed E-state index contributed by atoms with van der Waals surface area (Å²) >= 11 is 0. The van der Waals surface area contributed by atoms with Crippen LogP contribution in [0, 0.1) is 13.8 Å². The van der Waals surface area contributed by atoms with Crippen molar-refractivity contribution < 1.29 is 9.59 Å². The average Bonchev–Trinajstić information content (AvgIpc) is 3.32. The number of nitrogens with zero attached hydrogens (tertiary/aromatic N) is 6. The number of aromatic nitrogens is 6. The van der Waals surface area contributed by atoms with Gasteiger partial charge < -0.3 is 10.6 Å². The second kappa shape index (κ2) is 7.67. The molecule has 3 heterocycles. The van der Waals surface area contributed by atoms with Crippen LogP contribution in [0.1, 0.15) is 46.1 Å². The first kappa shape index (κ1) is 19.3. The SMILES string of the molecule is CCn1cc(NC(=O)c2cn(C)nc2C(=O)Nc2cn(CC)nc2C)c(C)n1. The van der Waals surface area contributed by atoms with Crippen molar-refractivity contribution in [3.63, 3.8) is 0 Å². The van der Waals surface area contributed by atoms with Crippen LogP contribution in [0.3, 0.4) is 0 Å². The lowest BCUT2D eigenvalue weighted by molar-refractivity contribution is 0.0988. The van der Waals surface area contributed by atoms with Gasteiger partial charge in [0.2, 0.25) is 0 Å². The molecular formula is C18H24N8O2. The van der Waals surface area contributed by atoms with Crippen LogP contribution in [-0.4, -0.2) is 41.2 Å². The molecule has 10 heteroatoms. The summed E-state index contributed by atoms with van der Waals surface area (Å²) in [5, 5.41) is 18.4. The maximum absolute atomic E-state index is 12.8. The summed E-state index contributed by atoms with van der Waals surface area (Å²) in [6, 6.07) is 0. The second-order valence-electron chi connectivity index (χ2n) is 6.44. The van der Waals surface area contributed by atoms with Crippen molar-refractivity contribution in [1.82, 2.24) is 29.3 Å². The molecule has 3 aromatic heterocycles. The number of aryl methyl sites for hydroxylation is 5. The smallest absolute Gasteiger partial charge is 0.277 e. The van der Waals surface area contributed by atoms with E-state index in [1.54, 1.807) is 28.8 Å². The van der Waals surface area contributed by atoms with Gasteiger partial charge in [0.05, 0.1) is 28.3 Å². The van der Waals surface area contributed by atoms with Crippen LogP contribution in [0.5, 0.6) is 0 Å². The van der Waals surface area contributed by atoms with E-state index in [2.05, 4.69) is 25.9 Å².